The Kier molecular flexibility index (Phi) is 4.41. The monoisotopic (exact) mass is 247 g/mol. The van der Waals surface area contributed by atoms with Crippen LogP contribution in [0, 0.1) is 13.8 Å². The molecular weight excluding hydrogens is 222 g/mol. The maximum atomic E-state index is 5.09. The summed E-state index contributed by atoms with van der Waals surface area (Å²) >= 11 is 0. The van der Waals surface area contributed by atoms with Gasteiger partial charge in [0.15, 0.2) is 0 Å². The summed E-state index contributed by atoms with van der Waals surface area (Å²) in [6, 6.07) is 6.99. The molecule has 1 N–H and O–H groups in total. The van der Waals surface area contributed by atoms with Gasteiger partial charge in [-0.1, -0.05) is 35.7 Å². The number of rotatable bonds is 6. The van der Waals surface area contributed by atoms with Crippen LogP contribution in [-0.4, -0.2) is 26.8 Å². The Balaban J connectivity index is 2.06. The van der Waals surface area contributed by atoms with Crippen LogP contribution in [0.5, 0.6) is 0 Å². The topological polar surface area (TPSA) is 21.3 Å². The van der Waals surface area contributed by atoms with E-state index in [1.807, 2.05) is 0 Å². The molecule has 0 atom stereocenters. The third-order valence-corrected chi connectivity index (χ3v) is 4.09. The predicted molar refractivity (Wildman–Crippen MR) is 76.2 cm³/mol. The van der Waals surface area contributed by atoms with Crippen molar-refractivity contribution in [1.29, 1.82) is 0 Å². The van der Waals surface area contributed by atoms with E-state index in [1.165, 1.54) is 36.0 Å². The van der Waals surface area contributed by atoms with Crippen molar-refractivity contribution in [2.45, 2.75) is 38.5 Å². The lowest BCUT2D eigenvalue weighted by molar-refractivity contribution is 0.185. The average molecular weight is 247 g/mol. The quantitative estimate of drug-likeness (QED) is 0.780. The number of benzene rings is 1. The second kappa shape index (κ2) is 5.85. The fourth-order valence-corrected chi connectivity index (χ4v) is 2.95. The SMILES string of the molecule is COCCNCC1(c2cc(C)cc(C)c2)CCC1. The summed E-state index contributed by atoms with van der Waals surface area (Å²) in [5.74, 6) is 0. The van der Waals surface area contributed by atoms with Crippen LogP contribution in [-0.2, 0) is 10.2 Å². The summed E-state index contributed by atoms with van der Waals surface area (Å²) in [4.78, 5) is 0. The van der Waals surface area contributed by atoms with Gasteiger partial charge in [-0.2, -0.15) is 0 Å². The van der Waals surface area contributed by atoms with Crippen LogP contribution in [0.2, 0.25) is 0 Å². The summed E-state index contributed by atoms with van der Waals surface area (Å²) in [6.07, 6.45) is 3.99. The molecule has 2 nitrogen and oxygen atoms in total. The molecule has 1 saturated carbocycles. The number of methoxy groups -OCH3 is 1. The largest absolute Gasteiger partial charge is 0.383 e. The first kappa shape index (κ1) is 13.6. The minimum Gasteiger partial charge on any atom is -0.383 e. The molecule has 2 rings (SSSR count). The summed E-state index contributed by atoms with van der Waals surface area (Å²) < 4.78 is 5.09. The molecule has 0 heterocycles. The van der Waals surface area contributed by atoms with E-state index < -0.39 is 0 Å². The fraction of sp³-hybridized carbons (Fsp3) is 0.625. The standard InChI is InChI=1S/C16H25NO/c1-13-9-14(2)11-15(10-13)16(5-4-6-16)12-17-7-8-18-3/h9-11,17H,4-8,12H2,1-3H3. The number of ether oxygens (including phenoxy) is 1. The van der Waals surface area contributed by atoms with Crippen LogP contribution >= 0.6 is 0 Å². The molecule has 1 fully saturated rings. The molecule has 0 radical (unpaired) electrons. The van der Waals surface area contributed by atoms with E-state index in [0.29, 0.717) is 5.41 Å². The summed E-state index contributed by atoms with van der Waals surface area (Å²) in [5, 5.41) is 3.54. The Hall–Kier alpha value is -0.860. The molecular formula is C16H25NO. The van der Waals surface area contributed by atoms with Crippen molar-refractivity contribution < 1.29 is 4.74 Å². The molecule has 0 amide bonds. The van der Waals surface area contributed by atoms with Crippen LogP contribution in [0.4, 0.5) is 0 Å². The molecule has 1 aliphatic carbocycles. The number of aryl methyl sites for hydroxylation is 2. The maximum Gasteiger partial charge on any atom is 0.0587 e. The van der Waals surface area contributed by atoms with Crippen LogP contribution < -0.4 is 5.32 Å². The molecule has 100 valence electrons. The lowest BCUT2D eigenvalue weighted by atomic mass is 9.64. The minimum absolute atomic E-state index is 0.379. The molecule has 0 aromatic heterocycles. The highest BCUT2D eigenvalue weighted by Crippen LogP contribution is 2.43. The molecule has 0 spiro atoms. The second-order valence-electron chi connectivity index (χ2n) is 5.68. The first-order chi connectivity index (χ1) is 8.66. The van der Waals surface area contributed by atoms with Gasteiger partial charge < -0.3 is 10.1 Å². The lowest BCUT2D eigenvalue weighted by Crippen LogP contribution is -2.44. The molecule has 0 saturated heterocycles. The van der Waals surface area contributed by atoms with Gasteiger partial charge in [0.2, 0.25) is 0 Å². The Labute approximate surface area is 111 Å². The van der Waals surface area contributed by atoms with E-state index in [0.717, 1.165) is 19.7 Å². The van der Waals surface area contributed by atoms with Gasteiger partial charge in [-0.15, -0.1) is 0 Å². The predicted octanol–water partition coefficient (Wildman–Crippen LogP) is 2.96. The zero-order chi connectivity index (χ0) is 13.0. The van der Waals surface area contributed by atoms with Crippen molar-refractivity contribution >= 4 is 0 Å². The Morgan fingerprint density at radius 1 is 1.17 bits per heavy atom. The van der Waals surface area contributed by atoms with Gasteiger partial charge in [0.05, 0.1) is 6.61 Å². The normalized spacial score (nSPS) is 17.5. The second-order valence-corrected chi connectivity index (χ2v) is 5.68. The van der Waals surface area contributed by atoms with Crippen molar-refractivity contribution in [3.05, 3.63) is 34.9 Å². The zero-order valence-corrected chi connectivity index (χ0v) is 11.9. The van der Waals surface area contributed by atoms with Gasteiger partial charge in [0, 0.05) is 25.6 Å². The molecule has 18 heavy (non-hydrogen) atoms. The summed E-state index contributed by atoms with van der Waals surface area (Å²) in [7, 11) is 1.75. The van der Waals surface area contributed by atoms with Gasteiger partial charge in [-0.05, 0) is 32.3 Å². The van der Waals surface area contributed by atoms with E-state index in [9.17, 15) is 0 Å². The summed E-state index contributed by atoms with van der Waals surface area (Å²) in [6.45, 7) is 7.22. The highest BCUT2D eigenvalue weighted by atomic mass is 16.5. The van der Waals surface area contributed by atoms with E-state index >= 15 is 0 Å². The van der Waals surface area contributed by atoms with Gasteiger partial charge in [0.25, 0.3) is 0 Å². The van der Waals surface area contributed by atoms with Crippen LogP contribution in [0.1, 0.15) is 36.0 Å². The van der Waals surface area contributed by atoms with Gasteiger partial charge >= 0.3 is 0 Å². The first-order valence-corrected chi connectivity index (χ1v) is 6.95. The fourth-order valence-electron chi connectivity index (χ4n) is 2.95. The Morgan fingerprint density at radius 3 is 2.33 bits per heavy atom. The van der Waals surface area contributed by atoms with E-state index in [-0.39, 0.29) is 0 Å². The van der Waals surface area contributed by atoms with Crippen molar-refractivity contribution in [3.63, 3.8) is 0 Å². The van der Waals surface area contributed by atoms with Gasteiger partial charge in [-0.3, -0.25) is 0 Å². The zero-order valence-electron chi connectivity index (χ0n) is 11.9. The van der Waals surface area contributed by atoms with Crippen LogP contribution in [0.15, 0.2) is 18.2 Å². The van der Waals surface area contributed by atoms with E-state index in [4.69, 9.17) is 4.74 Å². The lowest BCUT2D eigenvalue weighted by Gasteiger charge is -2.43. The van der Waals surface area contributed by atoms with Crippen molar-refractivity contribution in [2.24, 2.45) is 0 Å². The molecule has 1 aliphatic rings. The van der Waals surface area contributed by atoms with Crippen molar-refractivity contribution in [3.8, 4) is 0 Å². The Bertz CT molecular complexity index is 376. The molecule has 0 bridgehead atoms. The minimum atomic E-state index is 0.379. The van der Waals surface area contributed by atoms with Crippen LogP contribution in [0.3, 0.4) is 0 Å². The third-order valence-electron chi connectivity index (χ3n) is 4.09. The molecule has 0 aliphatic heterocycles. The highest BCUT2D eigenvalue weighted by molar-refractivity contribution is 5.36. The smallest absolute Gasteiger partial charge is 0.0587 e. The van der Waals surface area contributed by atoms with Crippen LogP contribution in [0.25, 0.3) is 0 Å². The first-order valence-electron chi connectivity index (χ1n) is 6.95. The molecule has 1 aromatic rings. The molecule has 1 aromatic carbocycles. The van der Waals surface area contributed by atoms with Crippen molar-refractivity contribution in [1.82, 2.24) is 5.32 Å². The third kappa shape index (κ3) is 2.93. The molecule has 2 heteroatoms. The maximum absolute atomic E-state index is 5.09. The average Bonchev–Trinajstić information content (AvgIpc) is 2.25. The van der Waals surface area contributed by atoms with Crippen molar-refractivity contribution in [2.75, 3.05) is 26.8 Å². The Morgan fingerprint density at radius 2 is 1.83 bits per heavy atom. The molecule has 0 unspecified atom stereocenters. The number of hydrogen-bond donors (Lipinski definition) is 1. The van der Waals surface area contributed by atoms with E-state index in [2.05, 4.69) is 37.4 Å². The summed E-state index contributed by atoms with van der Waals surface area (Å²) in [5.41, 5.74) is 4.67. The highest BCUT2D eigenvalue weighted by Gasteiger charge is 2.38. The van der Waals surface area contributed by atoms with Gasteiger partial charge in [0.1, 0.15) is 0 Å². The number of nitrogens with one attached hydrogen (secondary N) is 1. The number of hydrogen-bond acceptors (Lipinski definition) is 2. The van der Waals surface area contributed by atoms with E-state index in [1.54, 1.807) is 7.11 Å². The van der Waals surface area contributed by atoms with Gasteiger partial charge in [-0.25, -0.2) is 0 Å².